The summed E-state index contributed by atoms with van der Waals surface area (Å²) in [5.74, 6) is 3.20. The molecular formula is C17H22N4O2S. The van der Waals surface area contributed by atoms with Gasteiger partial charge in [-0.15, -0.1) is 0 Å². The molecule has 0 saturated carbocycles. The van der Waals surface area contributed by atoms with Gasteiger partial charge in [-0.2, -0.15) is 5.10 Å². The molecule has 0 N–H and O–H groups in total. The second kappa shape index (κ2) is 7.63. The number of hydrogen-bond acceptors (Lipinski definition) is 6. The van der Waals surface area contributed by atoms with Crippen molar-refractivity contribution in [2.24, 2.45) is 0 Å². The molecule has 4 heterocycles. The zero-order valence-electron chi connectivity index (χ0n) is 13.6. The average molecular weight is 346 g/mol. The Hall–Kier alpha value is -1.44. The van der Waals surface area contributed by atoms with Crippen LogP contribution in [0, 0.1) is 0 Å². The van der Waals surface area contributed by atoms with Crippen LogP contribution in [0.1, 0.15) is 42.9 Å². The van der Waals surface area contributed by atoms with E-state index in [-0.39, 0.29) is 0 Å². The molecule has 1 unspecified atom stereocenters. The van der Waals surface area contributed by atoms with E-state index in [9.17, 15) is 0 Å². The number of pyridine rings is 1. The van der Waals surface area contributed by atoms with Gasteiger partial charge in [0.1, 0.15) is 5.82 Å². The number of rotatable bonds is 5. The van der Waals surface area contributed by atoms with Gasteiger partial charge in [0.05, 0.1) is 23.4 Å². The van der Waals surface area contributed by atoms with Crippen LogP contribution in [0.4, 0.5) is 0 Å². The quantitative estimate of drug-likeness (QED) is 0.776. The lowest BCUT2D eigenvalue weighted by Crippen LogP contribution is -2.16. The van der Waals surface area contributed by atoms with E-state index in [1.807, 2.05) is 24.4 Å². The minimum absolute atomic E-state index is 0.311. The fraction of sp³-hybridized carbons (Fsp3) is 0.588. The van der Waals surface area contributed by atoms with Gasteiger partial charge < -0.3 is 9.47 Å². The Morgan fingerprint density at radius 3 is 2.75 bits per heavy atom. The van der Waals surface area contributed by atoms with Crippen molar-refractivity contribution in [3.63, 3.8) is 0 Å². The third-order valence-corrected chi connectivity index (χ3v) is 5.48. The van der Waals surface area contributed by atoms with Gasteiger partial charge in [-0.1, -0.05) is 17.8 Å². The fourth-order valence-corrected chi connectivity index (χ4v) is 3.96. The second-order valence-corrected chi connectivity index (χ2v) is 7.19. The van der Waals surface area contributed by atoms with Gasteiger partial charge in [-0.3, -0.25) is 0 Å². The molecule has 24 heavy (non-hydrogen) atoms. The first-order valence-corrected chi connectivity index (χ1v) is 9.53. The summed E-state index contributed by atoms with van der Waals surface area (Å²) >= 11 is 1.71. The molecule has 2 saturated heterocycles. The fourth-order valence-electron chi connectivity index (χ4n) is 3.18. The number of nitrogens with zero attached hydrogens (tertiary/aromatic N) is 4. The largest absolute Gasteiger partial charge is 0.381 e. The van der Waals surface area contributed by atoms with E-state index in [1.54, 1.807) is 11.8 Å². The van der Waals surface area contributed by atoms with E-state index in [0.29, 0.717) is 12.0 Å². The maximum Gasteiger partial charge on any atom is 0.154 e. The zero-order chi connectivity index (χ0) is 16.2. The smallest absolute Gasteiger partial charge is 0.154 e. The molecule has 4 rings (SSSR count). The van der Waals surface area contributed by atoms with Crippen LogP contribution >= 0.6 is 11.8 Å². The van der Waals surface area contributed by atoms with Crippen molar-refractivity contribution in [2.45, 2.75) is 42.0 Å². The molecule has 2 aliphatic rings. The third kappa shape index (κ3) is 3.63. The second-order valence-electron chi connectivity index (χ2n) is 6.19. The molecule has 1 atom stereocenters. The number of aromatic nitrogens is 4. The summed E-state index contributed by atoms with van der Waals surface area (Å²) in [6.07, 6.45) is 4.86. The molecule has 0 radical (unpaired) electrons. The van der Waals surface area contributed by atoms with Crippen LogP contribution in [0.15, 0.2) is 29.4 Å². The molecule has 0 amide bonds. The van der Waals surface area contributed by atoms with E-state index in [0.717, 1.165) is 68.1 Å². The summed E-state index contributed by atoms with van der Waals surface area (Å²) in [5, 5.41) is 5.88. The van der Waals surface area contributed by atoms with Crippen LogP contribution in [0.3, 0.4) is 0 Å². The highest BCUT2D eigenvalue weighted by Crippen LogP contribution is 2.29. The van der Waals surface area contributed by atoms with Gasteiger partial charge in [0.25, 0.3) is 0 Å². The highest BCUT2D eigenvalue weighted by Gasteiger charge is 2.26. The van der Waals surface area contributed by atoms with Crippen molar-refractivity contribution < 1.29 is 9.47 Å². The van der Waals surface area contributed by atoms with Crippen LogP contribution < -0.4 is 0 Å². The zero-order valence-corrected chi connectivity index (χ0v) is 14.5. The molecule has 128 valence electrons. The molecule has 0 aliphatic carbocycles. The van der Waals surface area contributed by atoms with Gasteiger partial charge in [-0.25, -0.2) is 14.6 Å². The van der Waals surface area contributed by atoms with Crippen molar-refractivity contribution in [1.29, 1.82) is 0 Å². The van der Waals surface area contributed by atoms with Crippen molar-refractivity contribution >= 4 is 11.8 Å². The van der Waals surface area contributed by atoms with E-state index in [1.165, 1.54) is 0 Å². The van der Waals surface area contributed by atoms with Crippen molar-refractivity contribution in [3.05, 3.63) is 36.0 Å². The molecule has 7 heteroatoms. The van der Waals surface area contributed by atoms with Gasteiger partial charge in [0.2, 0.25) is 0 Å². The Morgan fingerprint density at radius 1 is 1.12 bits per heavy atom. The van der Waals surface area contributed by atoms with E-state index in [2.05, 4.69) is 9.67 Å². The summed E-state index contributed by atoms with van der Waals surface area (Å²) in [6.45, 7) is 3.16. The van der Waals surface area contributed by atoms with Crippen LogP contribution in [-0.4, -0.2) is 46.2 Å². The highest BCUT2D eigenvalue weighted by atomic mass is 32.2. The van der Waals surface area contributed by atoms with Crippen molar-refractivity contribution in [3.8, 4) is 0 Å². The molecule has 0 aromatic carbocycles. The lowest BCUT2D eigenvalue weighted by atomic mass is 10.00. The maximum atomic E-state index is 5.56. The highest BCUT2D eigenvalue weighted by molar-refractivity contribution is 7.98. The third-order valence-electron chi connectivity index (χ3n) is 4.54. The molecule has 0 spiro atoms. The summed E-state index contributed by atoms with van der Waals surface area (Å²) in [7, 11) is 0. The molecular weight excluding hydrogens is 324 g/mol. The van der Waals surface area contributed by atoms with E-state index in [4.69, 9.17) is 19.6 Å². The average Bonchev–Trinajstić information content (AvgIpc) is 3.31. The van der Waals surface area contributed by atoms with Crippen molar-refractivity contribution in [2.75, 3.05) is 26.4 Å². The van der Waals surface area contributed by atoms with Gasteiger partial charge >= 0.3 is 0 Å². The molecule has 2 aromatic heterocycles. The summed E-state index contributed by atoms with van der Waals surface area (Å²) in [5.41, 5.74) is 0. The molecule has 2 fully saturated rings. The first-order valence-electron chi connectivity index (χ1n) is 8.55. The monoisotopic (exact) mass is 346 g/mol. The number of ether oxygens (including phenoxy) is 2. The van der Waals surface area contributed by atoms with Gasteiger partial charge in [0.15, 0.2) is 5.82 Å². The Bertz CT molecular complexity index is 652. The normalized spacial score (nSPS) is 22.1. The van der Waals surface area contributed by atoms with Crippen LogP contribution in [0.5, 0.6) is 0 Å². The molecule has 2 aliphatic heterocycles. The topological polar surface area (TPSA) is 62.1 Å². The van der Waals surface area contributed by atoms with Crippen LogP contribution in [-0.2, 0) is 15.2 Å². The molecule has 0 bridgehead atoms. The van der Waals surface area contributed by atoms with Gasteiger partial charge in [0, 0.05) is 31.9 Å². The first kappa shape index (κ1) is 16.1. The predicted molar refractivity (Wildman–Crippen MR) is 91.1 cm³/mol. The number of thioether (sulfide) groups is 1. The van der Waals surface area contributed by atoms with E-state index < -0.39 is 0 Å². The first-order chi connectivity index (χ1) is 11.9. The molecule has 2 aromatic rings. The number of hydrogen-bond donors (Lipinski definition) is 0. The Balaban J connectivity index is 1.54. The SMILES string of the molecule is c1ccc(SCc2nc(C3CCOCC3)nn2C2CCOC2)nc1. The molecule has 6 nitrogen and oxygen atoms in total. The maximum absolute atomic E-state index is 5.56. The predicted octanol–water partition coefficient (Wildman–Crippen LogP) is 2.82. The van der Waals surface area contributed by atoms with Gasteiger partial charge in [-0.05, 0) is 31.4 Å². The van der Waals surface area contributed by atoms with Crippen molar-refractivity contribution in [1.82, 2.24) is 19.7 Å². The van der Waals surface area contributed by atoms with Crippen LogP contribution in [0.25, 0.3) is 0 Å². The Morgan fingerprint density at radius 2 is 2.00 bits per heavy atom. The summed E-state index contributed by atoms with van der Waals surface area (Å²) in [6, 6.07) is 6.29. The minimum atomic E-state index is 0.311. The minimum Gasteiger partial charge on any atom is -0.381 e. The summed E-state index contributed by atoms with van der Waals surface area (Å²) < 4.78 is 13.1. The standard InChI is InChI=1S/C17H22N4O2S/c1-2-7-18-16(3-1)24-12-15-19-17(13-4-8-22-9-5-13)20-21(15)14-6-10-23-11-14/h1-3,7,13-14H,4-6,8-12H2. The Kier molecular flexibility index (Phi) is 5.10. The lowest BCUT2D eigenvalue weighted by Gasteiger charge is -2.19. The lowest BCUT2D eigenvalue weighted by molar-refractivity contribution is 0.0834. The van der Waals surface area contributed by atoms with E-state index >= 15 is 0 Å². The summed E-state index contributed by atoms with van der Waals surface area (Å²) in [4.78, 5) is 9.27. The Labute approximate surface area is 146 Å². The van der Waals surface area contributed by atoms with Crippen LogP contribution in [0.2, 0.25) is 0 Å².